The number of aliphatic imine (C=N–C) groups is 1. The van der Waals surface area contributed by atoms with Crippen LogP contribution < -0.4 is 10.6 Å². The molecular formula is C21H33IN4O3S. The molecule has 3 saturated heterocycles. The van der Waals surface area contributed by atoms with E-state index in [1.54, 1.807) is 16.4 Å². The molecule has 3 unspecified atom stereocenters. The summed E-state index contributed by atoms with van der Waals surface area (Å²) in [6.45, 7) is 4.48. The number of halogens is 1. The molecule has 3 atom stereocenters. The van der Waals surface area contributed by atoms with Crippen molar-refractivity contribution in [1.29, 1.82) is 0 Å². The zero-order valence-corrected chi connectivity index (χ0v) is 20.7. The Hall–Kier alpha value is -0.910. The van der Waals surface area contributed by atoms with Crippen molar-refractivity contribution in [1.82, 2.24) is 14.9 Å². The standard InChI is InChI=1S/C21H32N4O3S.HI/c1-2-22-21(24-19-14-17-9-10-20(19)28-17)23-15-16-7-6-8-18(13-16)29(26,27)25-11-4-3-5-12-25;/h6-8,13,17,19-20H,2-5,9-12,14-15H2,1H3,(H2,22,23,24);1H. The Morgan fingerprint density at radius 2 is 2.03 bits per heavy atom. The molecule has 0 saturated carbocycles. The van der Waals surface area contributed by atoms with Crippen molar-refractivity contribution in [3.63, 3.8) is 0 Å². The van der Waals surface area contributed by atoms with E-state index in [2.05, 4.69) is 10.6 Å². The Labute approximate surface area is 197 Å². The molecule has 3 aliphatic rings. The van der Waals surface area contributed by atoms with E-state index in [0.717, 1.165) is 56.6 Å². The van der Waals surface area contributed by atoms with E-state index in [4.69, 9.17) is 9.73 Å². The van der Waals surface area contributed by atoms with Gasteiger partial charge in [0.15, 0.2) is 5.96 Å². The third kappa shape index (κ3) is 5.46. The van der Waals surface area contributed by atoms with Gasteiger partial charge < -0.3 is 15.4 Å². The summed E-state index contributed by atoms with van der Waals surface area (Å²) < 4.78 is 33.4. The van der Waals surface area contributed by atoms with Crippen LogP contribution in [0.5, 0.6) is 0 Å². The maximum absolute atomic E-state index is 12.9. The van der Waals surface area contributed by atoms with E-state index in [1.807, 2.05) is 19.1 Å². The monoisotopic (exact) mass is 548 g/mol. The first-order chi connectivity index (χ1) is 14.1. The molecule has 0 aliphatic carbocycles. The van der Waals surface area contributed by atoms with Crippen molar-refractivity contribution < 1.29 is 13.2 Å². The van der Waals surface area contributed by atoms with Crippen molar-refractivity contribution >= 4 is 40.0 Å². The maximum Gasteiger partial charge on any atom is 0.243 e. The van der Waals surface area contributed by atoms with Crippen LogP contribution in [0.3, 0.4) is 0 Å². The average molecular weight is 548 g/mol. The van der Waals surface area contributed by atoms with Crippen LogP contribution in [-0.2, 0) is 21.3 Å². The van der Waals surface area contributed by atoms with Crippen molar-refractivity contribution in [2.45, 2.75) is 75.1 Å². The van der Waals surface area contributed by atoms with Crippen molar-refractivity contribution in [3.8, 4) is 0 Å². The minimum absolute atomic E-state index is 0. The van der Waals surface area contributed by atoms with Crippen molar-refractivity contribution in [2.75, 3.05) is 19.6 Å². The van der Waals surface area contributed by atoms with Crippen molar-refractivity contribution in [3.05, 3.63) is 29.8 Å². The van der Waals surface area contributed by atoms with Gasteiger partial charge in [-0.05, 0) is 56.7 Å². The van der Waals surface area contributed by atoms with Crippen LogP contribution >= 0.6 is 24.0 Å². The molecule has 2 bridgehead atoms. The van der Waals surface area contributed by atoms with Gasteiger partial charge in [0.05, 0.1) is 29.7 Å². The van der Waals surface area contributed by atoms with E-state index < -0.39 is 10.0 Å². The lowest BCUT2D eigenvalue weighted by atomic mass is 9.96. The zero-order valence-electron chi connectivity index (χ0n) is 17.5. The van der Waals surface area contributed by atoms with Crippen molar-refractivity contribution in [2.24, 2.45) is 4.99 Å². The summed E-state index contributed by atoms with van der Waals surface area (Å²) >= 11 is 0. The third-order valence-corrected chi connectivity index (χ3v) is 7.94. The molecule has 3 aliphatic heterocycles. The van der Waals surface area contributed by atoms with Crippen LogP contribution in [0.15, 0.2) is 34.2 Å². The Bertz CT molecular complexity index is 842. The Morgan fingerprint density at radius 3 is 2.70 bits per heavy atom. The smallest absolute Gasteiger partial charge is 0.243 e. The molecule has 4 rings (SSSR count). The number of hydrogen-bond donors (Lipinski definition) is 2. The summed E-state index contributed by atoms with van der Waals surface area (Å²) in [5, 5.41) is 6.80. The fraction of sp³-hybridized carbons (Fsp3) is 0.667. The Kier molecular flexibility index (Phi) is 8.39. The first-order valence-electron chi connectivity index (χ1n) is 10.9. The number of sulfonamides is 1. The van der Waals surface area contributed by atoms with Crippen LogP contribution in [0, 0.1) is 0 Å². The van der Waals surface area contributed by atoms with E-state index >= 15 is 0 Å². The van der Waals surface area contributed by atoms with Crippen LogP contribution in [0.4, 0.5) is 0 Å². The fourth-order valence-electron chi connectivity index (χ4n) is 4.51. The summed E-state index contributed by atoms with van der Waals surface area (Å²) in [6, 6.07) is 7.50. The normalized spacial score (nSPS) is 27.0. The van der Waals surface area contributed by atoms with Gasteiger partial charge in [-0.25, -0.2) is 13.4 Å². The molecule has 3 fully saturated rings. The molecule has 30 heavy (non-hydrogen) atoms. The number of nitrogens with zero attached hydrogens (tertiary/aromatic N) is 2. The van der Waals surface area contributed by atoms with Gasteiger partial charge in [0.1, 0.15) is 0 Å². The van der Waals surface area contributed by atoms with Gasteiger partial charge >= 0.3 is 0 Å². The SMILES string of the molecule is CCNC(=NCc1cccc(S(=O)(=O)N2CCCCC2)c1)NC1CC2CCC1O2.I. The van der Waals surface area contributed by atoms with Gasteiger partial charge in [0.25, 0.3) is 0 Å². The lowest BCUT2D eigenvalue weighted by Gasteiger charge is -2.26. The summed E-state index contributed by atoms with van der Waals surface area (Å²) in [5.41, 5.74) is 0.893. The highest BCUT2D eigenvalue weighted by atomic mass is 127. The topological polar surface area (TPSA) is 83.0 Å². The zero-order chi connectivity index (χ0) is 20.3. The summed E-state index contributed by atoms with van der Waals surface area (Å²) in [4.78, 5) is 5.06. The second-order valence-electron chi connectivity index (χ2n) is 8.17. The highest BCUT2D eigenvalue weighted by Gasteiger charge is 2.41. The molecule has 9 heteroatoms. The highest BCUT2D eigenvalue weighted by Crippen LogP contribution is 2.34. The molecule has 3 heterocycles. The van der Waals surface area contributed by atoms with E-state index in [9.17, 15) is 8.42 Å². The van der Waals surface area contributed by atoms with E-state index in [1.165, 1.54) is 0 Å². The van der Waals surface area contributed by atoms with Crippen LogP contribution in [0.2, 0.25) is 0 Å². The number of hydrogen-bond acceptors (Lipinski definition) is 4. The largest absolute Gasteiger partial charge is 0.373 e. The van der Waals surface area contributed by atoms with Gasteiger partial charge in [-0.15, -0.1) is 24.0 Å². The lowest BCUT2D eigenvalue weighted by Crippen LogP contribution is -2.47. The van der Waals surface area contributed by atoms with Gasteiger partial charge in [0.2, 0.25) is 10.0 Å². The number of fused-ring (bicyclic) bond motifs is 2. The molecule has 0 radical (unpaired) electrons. The number of piperidine rings is 1. The maximum atomic E-state index is 12.9. The molecule has 2 N–H and O–H groups in total. The predicted octanol–water partition coefficient (Wildman–Crippen LogP) is 2.85. The molecule has 0 amide bonds. The lowest BCUT2D eigenvalue weighted by molar-refractivity contribution is 0.0992. The van der Waals surface area contributed by atoms with Crippen LogP contribution in [-0.4, -0.2) is 56.6 Å². The fourth-order valence-corrected chi connectivity index (χ4v) is 6.10. The second kappa shape index (κ2) is 10.6. The number of guanidine groups is 1. The number of nitrogens with one attached hydrogen (secondary N) is 2. The number of ether oxygens (including phenoxy) is 1. The molecule has 168 valence electrons. The first-order valence-corrected chi connectivity index (χ1v) is 12.3. The number of rotatable bonds is 6. The van der Waals surface area contributed by atoms with E-state index in [-0.39, 0.29) is 30.1 Å². The Balaban J connectivity index is 0.00000256. The molecule has 7 nitrogen and oxygen atoms in total. The number of benzene rings is 1. The molecule has 0 aromatic heterocycles. The van der Waals surface area contributed by atoms with Gasteiger partial charge in [-0.3, -0.25) is 0 Å². The molecule has 1 aromatic carbocycles. The minimum Gasteiger partial charge on any atom is -0.373 e. The van der Waals surface area contributed by atoms with Gasteiger partial charge in [-0.2, -0.15) is 4.31 Å². The second-order valence-corrected chi connectivity index (χ2v) is 10.1. The van der Waals surface area contributed by atoms with Crippen LogP contribution in [0.1, 0.15) is 51.0 Å². The molecular weight excluding hydrogens is 515 g/mol. The van der Waals surface area contributed by atoms with Gasteiger partial charge in [-0.1, -0.05) is 18.6 Å². The Morgan fingerprint density at radius 1 is 1.23 bits per heavy atom. The van der Waals surface area contributed by atoms with E-state index in [0.29, 0.717) is 36.7 Å². The molecule has 0 spiro atoms. The predicted molar refractivity (Wildman–Crippen MR) is 129 cm³/mol. The summed E-state index contributed by atoms with van der Waals surface area (Å²) in [7, 11) is -3.42. The van der Waals surface area contributed by atoms with Gasteiger partial charge in [0, 0.05) is 19.6 Å². The highest BCUT2D eigenvalue weighted by molar-refractivity contribution is 14.0. The average Bonchev–Trinajstić information content (AvgIpc) is 3.36. The minimum atomic E-state index is -3.42. The molecule has 1 aromatic rings. The summed E-state index contributed by atoms with van der Waals surface area (Å²) in [5.74, 6) is 0.762. The first kappa shape index (κ1) is 23.7. The third-order valence-electron chi connectivity index (χ3n) is 6.04. The summed E-state index contributed by atoms with van der Waals surface area (Å²) in [6.07, 6.45) is 6.94. The quantitative estimate of drug-likeness (QED) is 0.325. The van der Waals surface area contributed by atoms with Crippen LogP contribution in [0.25, 0.3) is 0 Å².